The Bertz CT molecular complexity index is 189. The van der Waals surface area contributed by atoms with Crippen molar-refractivity contribution in [2.24, 2.45) is 0 Å². The molecule has 0 nitrogen and oxygen atoms in total. The molecule has 1 heteroatoms. The average Bonchev–Trinajstić information content (AvgIpc) is 1.95. The second-order valence-electron chi connectivity index (χ2n) is 2.74. The van der Waals surface area contributed by atoms with Gasteiger partial charge in [0.2, 0.25) is 0 Å². The molecule has 0 heterocycles. The summed E-state index contributed by atoms with van der Waals surface area (Å²) in [5.41, 5.74) is 2.80. The summed E-state index contributed by atoms with van der Waals surface area (Å²) in [6.45, 7) is 4.33. The second-order valence-corrected chi connectivity index (χ2v) is 2.74. The van der Waals surface area contributed by atoms with Crippen LogP contribution in [0.3, 0.4) is 0 Å². The minimum absolute atomic E-state index is 0. The van der Waals surface area contributed by atoms with Crippen LogP contribution < -0.4 is 0 Å². The molecule has 0 bridgehead atoms. The van der Waals surface area contributed by atoms with Gasteiger partial charge in [0.15, 0.2) is 0 Å². The third-order valence-corrected chi connectivity index (χ3v) is 1.66. The molecule has 0 N–H and O–H groups in total. The summed E-state index contributed by atoms with van der Waals surface area (Å²) in [4.78, 5) is 0. The van der Waals surface area contributed by atoms with Gasteiger partial charge in [0.25, 0.3) is 0 Å². The maximum Gasteiger partial charge on any atom is 2.00 e. The second kappa shape index (κ2) is 5.49. The van der Waals surface area contributed by atoms with Gasteiger partial charge in [0.05, 0.1) is 0 Å². The summed E-state index contributed by atoms with van der Waals surface area (Å²) < 4.78 is 0. The first kappa shape index (κ1) is 10.8. The zero-order valence-corrected chi connectivity index (χ0v) is 8.82. The molecule has 0 atom stereocenters. The number of hydrogen-bond acceptors (Lipinski definition) is 0. The van der Waals surface area contributed by atoms with E-state index in [1.54, 1.807) is 0 Å². The molecule has 1 aromatic carbocycles. The number of benzene rings is 1. The van der Waals surface area contributed by atoms with Gasteiger partial charge in [0, 0.05) is 0 Å². The van der Waals surface area contributed by atoms with Crippen molar-refractivity contribution in [3.8, 4) is 0 Å². The zero-order chi connectivity index (χ0) is 7.40. The molecule has 0 aliphatic heterocycles. The fraction of sp³-hybridized carbons (Fsp3) is 0.400. The van der Waals surface area contributed by atoms with Crippen molar-refractivity contribution in [2.75, 3.05) is 0 Å². The van der Waals surface area contributed by atoms with Gasteiger partial charge in [-0.1, -0.05) is 43.2 Å². The normalized spacial score (nSPS) is 8.91. The van der Waals surface area contributed by atoms with Crippen molar-refractivity contribution >= 4 is 0 Å². The summed E-state index contributed by atoms with van der Waals surface area (Å²) in [6, 6.07) is 8.76. The van der Waals surface area contributed by atoms with Gasteiger partial charge >= 0.3 is 19.5 Å². The maximum absolute atomic E-state index is 2.21. The Balaban J connectivity index is 0.000001000. The minimum atomic E-state index is 0. The Hall–Kier alpha value is -0.157. The number of aryl methyl sites for hydroxylation is 2. The molecule has 11 heavy (non-hydrogen) atoms. The third kappa shape index (κ3) is 3.67. The van der Waals surface area contributed by atoms with Crippen LogP contribution in [0.25, 0.3) is 0 Å². The summed E-state index contributed by atoms with van der Waals surface area (Å²) >= 11 is 0. The van der Waals surface area contributed by atoms with Crippen molar-refractivity contribution < 1.29 is 19.5 Å². The van der Waals surface area contributed by atoms with E-state index < -0.39 is 0 Å². The third-order valence-electron chi connectivity index (χ3n) is 1.66. The molecule has 0 aromatic heterocycles. The van der Waals surface area contributed by atoms with Crippen molar-refractivity contribution in [1.82, 2.24) is 0 Å². The fourth-order valence-corrected chi connectivity index (χ4v) is 1.04. The predicted molar refractivity (Wildman–Crippen MR) is 45.2 cm³/mol. The van der Waals surface area contributed by atoms with Gasteiger partial charge in [0.1, 0.15) is 0 Å². The predicted octanol–water partition coefficient (Wildman–Crippen LogP) is 2.95. The molecule has 0 radical (unpaired) electrons. The number of hydrogen-bond donors (Lipinski definition) is 0. The first-order chi connectivity index (χ1) is 4.83. The molecule has 0 aliphatic rings. The molecule has 60 valence electrons. The van der Waals surface area contributed by atoms with Crippen LogP contribution in [0.1, 0.15) is 24.5 Å². The van der Waals surface area contributed by atoms with Gasteiger partial charge in [-0.05, 0) is 18.9 Å². The Labute approximate surface area is 81.8 Å². The van der Waals surface area contributed by atoms with E-state index >= 15 is 0 Å². The van der Waals surface area contributed by atoms with Gasteiger partial charge in [-0.3, -0.25) is 0 Å². The molecule has 0 amide bonds. The molecule has 0 spiro atoms. The van der Waals surface area contributed by atoms with Gasteiger partial charge in [-0.2, -0.15) is 0 Å². The van der Waals surface area contributed by atoms with Crippen molar-refractivity contribution in [3.63, 3.8) is 0 Å². The Morgan fingerprint density at radius 1 is 1.09 bits per heavy atom. The van der Waals surface area contributed by atoms with Crippen LogP contribution in [0.2, 0.25) is 0 Å². The van der Waals surface area contributed by atoms with Crippen LogP contribution in [0, 0.1) is 6.92 Å². The van der Waals surface area contributed by atoms with Crippen molar-refractivity contribution in [2.45, 2.75) is 26.7 Å². The van der Waals surface area contributed by atoms with Crippen LogP contribution in [-0.2, 0) is 25.9 Å². The zero-order valence-electron chi connectivity index (χ0n) is 7.08. The topological polar surface area (TPSA) is 0 Å². The van der Waals surface area contributed by atoms with Crippen LogP contribution in [0.15, 0.2) is 24.3 Å². The molecule has 0 fully saturated rings. The smallest absolute Gasteiger partial charge is 0.0651 e. The van der Waals surface area contributed by atoms with Crippen LogP contribution in [0.5, 0.6) is 0 Å². The van der Waals surface area contributed by atoms with Gasteiger partial charge < -0.3 is 0 Å². The van der Waals surface area contributed by atoms with E-state index in [4.69, 9.17) is 0 Å². The van der Waals surface area contributed by atoms with Crippen LogP contribution >= 0.6 is 0 Å². The van der Waals surface area contributed by atoms with E-state index in [0.717, 1.165) is 0 Å². The summed E-state index contributed by atoms with van der Waals surface area (Å²) in [5.74, 6) is 0. The Morgan fingerprint density at radius 2 is 1.64 bits per heavy atom. The number of rotatable bonds is 2. The van der Waals surface area contributed by atoms with E-state index in [1.165, 1.54) is 24.0 Å². The molecule has 0 saturated carbocycles. The van der Waals surface area contributed by atoms with Crippen LogP contribution in [0.4, 0.5) is 0 Å². The molecular formula is C10H14Ru+2. The maximum atomic E-state index is 2.21. The van der Waals surface area contributed by atoms with E-state index in [1.807, 2.05) is 0 Å². The quantitative estimate of drug-likeness (QED) is 0.691. The molecule has 0 aliphatic carbocycles. The van der Waals surface area contributed by atoms with Gasteiger partial charge in [-0.25, -0.2) is 0 Å². The molecule has 1 rings (SSSR count). The van der Waals surface area contributed by atoms with Crippen LogP contribution in [-0.4, -0.2) is 0 Å². The first-order valence-electron chi connectivity index (χ1n) is 3.88. The summed E-state index contributed by atoms with van der Waals surface area (Å²) in [7, 11) is 0. The van der Waals surface area contributed by atoms with E-state index in [-0.39, 0.29) is 19.5 Å². The van der Waals surface area contributed by atoms with Crippen molar-refractivity contribution in [3.05, 3.63) is 35.4 Å². The van der Waals surface area contributed by atoms with E-state index in [0.29, 0.717) is 0 Å². The van der Waals surface area contributed by atoms with E-state index in [2.05, 4.69) is 38.1 Å². The first-order valence-corrected chi connectivity index (χ1v) is 3.88. The standard InChI is InChI=1S/C10H14.Ru/c1-3-4-10-7-5-9(2)6-8-10;/h5-8H,3-4H2,1-2H3;/q;+2. The molecule has 1 aromatic rings. The SMILES string of the molecule is CCCc1ccc(C)cc1.[Ru+2]. The molecule has 0 saturated heterocycles. The van der Waals surface area contributed by atoms with Crippen molar-refractivity contribution in [1.29, 1.82) is 0 Å². The molecular weight excluding hydrogens is 221 g/mol. The average molecular weight is 235 g/mol. The largest absolute Gasteiger partial charge is 2.00 e. The summed E-state index contributed by atoms with van der Waals surface area (Å²) in [6.07, 6.45) is 2.45. The summed E-state index contributed by atoms with van der Waals surface area (Å²) in [5, 5.41) is 0. The van der Waals surface area contributed by atoms with E-state index in [9.17, 15) is 0 Å². The fourth-order valence-electron chi connectivity index (χ4n) is 1.04. The van der Waals surface area contributed by atoms with Gasteiger partial charge in [-0.15, -0.1) is 0 Å². The monoisotopic (exact) mass is 236 g/mol. The molecule has 0 unspecified atom stereocenters. The Kier molecular flexibility index (Phi) is 5.41. The minimum Gasteiger partial charge on any atom is -0.0651 e. The Morgan fingerprint density at radius 3 is 2.09 bits per heavy atom.